The number of hydrogen-bond acceptors (Lipinski definition) is 8. The first-order valence-electron chi connectivity index (χ1n) is 12.1. The Kier molecular flexibility index (Phi) is 7.46. The predicted octanol–water partition coefficient (Wildman–Crippen LogP) is 1.12. The molecule has 3 N–H and O–H groups in total. The van der Waals surface area contributed by atoms with Crippen LogP contribution in [0.25, 0.3) is 0 Å². The van der Waals surface area contributed by atoms with Gasteiger partial charge in [0.25, 0.3) is 5.91 Å². The fraction of sp³-hybridized carbons (Fsp3) is 0.640. The van der Waals surface area contributed by atoms with Gasteiger partial charge in [0, 0.05) is 24.6 Å². The van der Waals surface area contributed by atoms with Crippen LogP contribution in [0.3, 0.4) is 0 Å². The summed E-state index contributed by atoms with van der Waals surface area (Å²) in [6.45, 7) is 3.82. The van der Waals surface area contributed by atoms with Crippen molar-refractivity contribution in [3.05, 3.63) is 35.9 Å². The van der Waals surface area contributed by atoms with Gasteiger partial charge in [-0.1, -0.05) is 18.2 Å². The molecule has 10 nitrogen and oxygen atoms in total. The summed E-state index contributed by atoms with van der Waals surface area (Å²) in [7, 11) is 1.21. The van der Waals surface area contributed by atoms with E-state index in [1.165, 1.54) is 7.11 Å². The van der Waals surface area contributed by atoms with Crippen LogP contribution in [0.1, 0.15) is 49.9 Å². The second kappa shape index (κ2) is 10.2. The van der Waals surface area contributed by atoms with Crippen molar-refractivity contribution in [1.82, 2.24) is 10.6 Å². The van der Waals surface area contributed by atoms with E-state index in [0.717, 1.165) is 12.8 Å². The number of amides is 2. The van der Waals surface area contributed by atoms with Crippen molar-refractivity contribution in [3.8, 4) is 0 Å². The molecule has 0 radical (unpaired) electrons. The van der Waals surface area contributed by atoms with Crippen LogP contribution in [0.4, 0.5) is 0 Å². The van der Waals surface area contributed by atoms with Gasteiger partial charge in [-0.15, -0.1) is 0 Å². The summed E-state index contributed by atoms with van der Waals surface area (Å²) in [6, 6.07) is 9.09. The maximum atomic E-state index is 12.8. The molecule has 1 aliphatic carbocycles. The van der Waals surface area contributed by atoms with Crippen molar-refractivity contribution in [2.45, 2.75) is 69.4 Å². The second-order valence-corrected chi connectivity index (χ2v) is 9.89. The SMILES string of the molecule is COC(=O)[C@@]12O[C@@H](CNC(=O)C3CCC(CNC(=O)c4ccccc4)CC3)[C@@H](O)[C@@H]1OC(C)(C)O2. The number of methoxy groups -OCH3 is 1. The number of fused-ring (bicyclic) bond motifs is 1. The molecule has 2 amide bonds. The van der Waals surface area contributed by atoms with E-state index >= 15 is 0 Å². The monoisotopic (exact) mass is 490 g/mol. The molecule has 192 valence electrons. The molecule has 0 unspecified atom stereocenters. The van der Waals surface area contributed by atoms with Gasteiger partial charge in [-0.3, -0.25) is 9.59 Å². The lowest BCUT2D eigenvalue weighted by molar-refractivity contribution is -0.263. The Hall–Kier alpha value is -2.53. The molecule has 10 heteroatoms. The molecule has 2 aliphatic heterocycles. The molecule has 0 aromatic heterocycles. The van der Waals surface area contributed by atoms with E-state index in [0.29, 0.717) is 30.9 Å². The van der Waals surface area contributed by atoms with Crippen LogP contribution in [0.15, 0.2) is 30.3 Å². The van der Waals surface area contributed by atoms with Crippen LogP contribution in [0, 0.1) is 11.8 Å². The van der Waals surface area contributed by atoms with Crippen molar-refractivity contribution in [2.75, 3.05) is 20.2 Å². The highest BCUT2D eigenvalue weighted by Gasteiger charge is 2.69. The van der Waals surface area contributed by atoms with Gasteiger partial charge >= 0.3 is 11.8 Å². The first-order chi connectivity index (χ1) is 16.6. The van der Waals surface area contributed by atoms with E-state index in [9.17, 15) is 19.5 Å². The molecule has 1 aromatic rings. The molecule has 3 aliphatic rings. The quantitative estimate of drug-likeness (QED) is 0.485. The molecule has 4 atom stereocenters. The minimum Gasteiger partial charge on any atom is -0.465 e. The zero-order valence-corrected chi connectivity index (χ0v) is 20.3. The first-order valence-corrected chi connectivity index (χ1v) is 12.1. The third kappa shape index (κ3) is 5.35. The molecule has 2 heterocycles. The number of aliphatic hydroxyl groups is 1. The maximum absolute atomic E-state index is 12.8. The number of hydrogen-bond donors (Lipinski definition) is 3. The Morgan fingerprint density at radius 2 is 1.71 bits per heavy atom. The Morgan fingerprint density at radius 3 is 2.37 bits per heavy atom. The number of esters is 1. The lowest BCUT2D eigenvalue weighted by atomic mass is 9.81. The maximum Gasteiger partial charge on any atom is 0.369 e. The van der Waals surface area contributed by atoms with Crippen molar-refractivity contribution >= 4 is 17.8 Å². The highest BCUT2D eigenvalue weighted by molar-refractivity contribution is 5.94. The average Bonchev–Trinajstić information content (AvgIpc) is 3.29. The van der Waals surface area contributed by atoms with E-state index in [2.05, 4.69) is 10.6 Å². The fourth-order valence-corrected chi connectivity index (χ4v) is 5.12. The number of rotatable bonds is 7. The van der Waals surface area contributed by atoms with E-state index in [4.69, 9.17) is 18.9 Å². The van der Waals surface area contributed by atoms with Crippen molar-refractivity contribution in [1.29, 1.82) is 0 Å². The molecular weight excluding hydrogens is 456 g/mol. The third-order valence-electron chi connectivity index (χ3n) is 6.95. The highest BCUT2D eigenvalue weighted by atomic mass is 16.9. The fourth-order valence-electron chi connectivity index (χ4n) is 5.12. The van der Waals surface area contributed by atoms with Crippen LogP contribution < -0.4 is 10.6 Å². The minimum absolute atomic E-state index is 0.00938. The normalized spacial score (nSPS) is 33.5. The number of carbonyl (C=O) groups excluding carboxylic acids is 3. The van der Waals surface area contributed by atoms with Gasteiger partial charge in [-0.25, -0.2) is 4.79 Å². The van der Waals surface area contributed by atoms with Gasteiger partial charge in [-0.2, -0.15) is 0 Å². The lowest BCUT2D eigenvalue weighted by Crippen LogP contribution is -2.48. The summed E-state index contributed by atoms with van der Waals surface area (Å²) < 4.78 is 22.0. The van der Waals surface area contributed by atoms with Crippen molar-refractivity contribution in [3.63, 3.8) is 0 Å². The smallest absolute Gasteiger partial charge is 0.369 e. The van der Waals surface area contributed by atoms with Gasteiger partial charge in [0.05, 0.1) is 7.11 Å². The van der Waals surface area contributed by atoms with E-state index in [1.54, 1.807) is 26.0 Å². The molecular formula is C25H34N2O8. The molecule has 4 rings (SSSR count). The van der Waals surface area contributed by atoms with Crippen LogP contribution in [0.5, 0.6) is 0 Å². The Bertz CT molecular complexity index is 931. The standard InChI is InChI=1S/C25H34N2O8/c1-24(2)34-20-19(28)18(33-25(20,35-24)23(31)32-3)14-27-22(30)17-11-9-15(10-12-17)13-26-21(29)16-7-5-4-6-8-16/h4-8,15,17-20,28H,9-14H2,1-3H3,(H,26,29)(H,27,30)/t15?,17?,18-,19+,20-,25+/m0/s1. The first kappa shape index (κ1) is 25.6. The largest absolute Gasteiger partial charge is 0.465 e. The highest BCUT2D eigenvalue weighted by Crippen LogP contribution is 2.46. The summed E-state index contributed by atoms with van der Waals surface area (Å²) >= 11 is 0. The molecule has 1 saturated carbocycles. The molecule has 2 saturated heterocycles. The predicted molar refractivity (Wildman–Crippen MR) is 123 cm³/mol. The molecule has 1 aromatic carbocycles. The number of benzene rings is 1. The van der Waals surface area contributed by atoms with Crippen LogP contribution >= 0.6 is 0 Å². The van der Waals surface area contributed by atoms with Gasteiger partial charge in [0.15, 0.2) is 11.9 Å². The molecule has 35 heavy (non-hydrogen) atoms. The lowest BCUT2D eigenvalue weighted by Gasteiger charge is -2.29. The molecule has 0 bridgehead atoms. The molecule has 0 spiro atoms. The van der Waals surface area contributed by atoms with Crippen LogP contribution in [-0.2, 0) is 28.5 Å². The summed E-state index contributed by atoms with van der Waals surface area (Å²) in [5.41, 5.74) is 0.634. The zero-order chi connectivity index (χ0) is 25.2. The average molecular weight is 491 g/mol. The number of aliphatic hydroxyl groups excluding tert-OH is 1. The third-order valence-corrected chi connectivity index (χ3v) is 6.95. The van der Waals surface area contributed by atoms with E-state index in [-0.39, 0.29) is 24.3 Å². The summed E-state index contributed by atoms with van der Waals surface area (Å²) in [5, 5.41) is 16.5. The Labute approximate surface area is 204 Å². The van der Waals surface area contributed by atoms with Gasteiger partial charge < -0.3 is 34.7 Å². The van der Waals surface area contributed by atoms with E-state index in [1.807, 2.05) is 18.2 Å². The van der Waals surface area contributed by atoms with Crippen molar-refractivity contribution in [2.24, 2.45) is 11.8 Å². The minimum atomic E-state index is -1.87. The summed E-state index contributed by atoms with van der Waals surface area (Å²) in [5.74, 6) is -3.84. The van der Waals surface area contributed by atoms with Crippen LogP contribution in [0.2, 0.25) is 0 Å². The number of carbonyl (C=O) groups is 3. The number of nitrogens with one attached hydrogen (secondary N) is 2. The summed E-state index contributed by atoms with van der Waals surface area (Å²) in [6.07, 6.45) is -0.0424. The van der Waals surface area contributed by atoms with Gasteiger partial charge in [0.2, 0.25) is 5.91 Å². The van der Waals surface area contributed by atoms with Gasteiger partial charge in [0.1, 0.15) is 12.2 Å². The summed E-state index contributed by atoms with van der Waals surface area (Å²) in [4.78, 5) is 37.4. The Morgan fingerprint density at radius 1 is 1.03 bits per heavy atom. The zero-order valence-electron chi connectivity index (χ0n) is 20.3. The topological polar surface area (TPSA) is 132 Å². The number of ether oxygens (including phenoxy) is 4. The van der Waals surface area contributed by atoms with E-state index < -0.39 is 35.9 Å². The van der Waals surface area contributed by atoms with Gasteiger partial charge in [-0.05, 0) is 57.6 Å². The molecule has 3 fully saturated rings. The Balaban J connectivity index is 1.23. The van der Waals surface area contributed by atoms with Crippen LogP contribution in [-0.4, -0.2) is 73.0 Å². The second-order valence-electron chi connectivity index (χ2n) is 9.89. The van der Waals surface area contributed by atoms with Crippen molar-refractivity contribution < 1.29 is 38.4 Å².